The third-order valence-electron chi connectivity index (χ3n) is 5.72. The monoisotopic (exact) mass is 349 g/mol. The van der Waals surface area contributed by atoms with Gasteiger partial charge in [0.2, 0.25) is 5.91 Å². The molecule has 1 saturated heterocycles. The van der Waals surface area contributed by atoms with Crippen molar-refractivity contribution < 1.29 is 9.53 Å². The molecule has 2 aliphatic rings. The van der Waals surface area contributed by atoms with Gasteiger partial charge in [-0.15, -0.1) is 0 Å². The Bertz CT molecular complexity index is 737. The molecule has 0 aromatic heterocycles. The van der Waals surface area contributed by atoms with Crippen LogP contribution in [0.2, 0.25) is 0 Å². The fourth-order valence-electron chi connectivity index (χ4n) is 4.34. The van der Waals surface area contributed by atoms with Gasteiger partial charge in [-0.05, 0) is 48.3 Å². The summed E-state index contributed by atoms with van der Waals surface area (Å²) < 4.78 is 5.58. The predicted molar refractivity (Wildman–Crippen MR) is 103 cm³/mol. The third kappa shape index (κ3) is 3.83. The summed E-state index contributed by atoms with van der Waals surface area (Å²) in [7, 11) is 0. The highest BCUT2D eigenvalue weighted by molar-refractivity contribution is 5.77. The van der Waals surface area contributed by atoms with Crippen LogP contribution in [0.1, 0.15) is 42.0 Å². The molecular formula is C23H27NO2. The van der Waals surface area contributed by atoms with Gasteiger partial charge in [0.1, 0.15) is 0 Å². The molecule has 26 heavy (non-hydrogen) atoms. The number of ether oxygens (including phenoxy) is 1. The maximum absolute atomic E-state index is 13.1. The maximum atomic E-state index is 13.1. The van der Waals surface area contributed by atoms with Crippen LogP contribution in [0.4, 0.5) is 0 Å². The summed E-state index contributed by atoms with van der Waals surface area (Å²) in [6.07, 6.45) is 4.64. The first-order valence-electron chi connectivity index (χ1n) is 9.80. The second-order valence-corrected chi connectivity index (χ2v) is 7.53. The van der Waals surface area contributed by atoms with Crippen LogP contribution in [0.15, 0.2) is 54.6 Å². The van der Waals surface area contributed by atoms with E-state index in [0.29, 0.717) is 12.3 Å². The molecule has 0 unspecified atom stereocenters. The number of carbonyl (C=O) groups is 1. The summed E-state index contributed by atoms with van der Waals surface area (Å²) >= 11 is 0. The smallest absolute Gasteiger partial charge is 0.223 e. The van der Waals surface area contributed by atoms with Crippen LogP contribution >= 0.6 is 0 Å². The highest BCUT2D eigenvalue weighted by Gasteiger charge is 2.32. The minimum Gasteiger partial charge on any atom is -0.381 e. The molecule has 0 bridgehead atoms. The van der Waals surface area contributed by atoms with Gasteiger partial charge in [0, 0.05) is 26.2 Å². The predicted octanol–water partition coefficient (Wildman–Crippen LogP) is 4.17. The van der Waals surface area contributed by atoms with Crippen molar-refractivity contribution >= 4 is 5.91 Å². The van der Waals surface area contributed by atoms with Gasteiger partial charge in [0.05, 0.1) is 6.04 Å². The molecule has 0 radical (unpaired) electrons. The zero-order chi connectivity index (χ0) is 17.8. The number of fused-ring (bicyclic) bond motifs is 1. The Hall–Kier alpha value is -2.13. The van der Waals surface area contributed by atoms with E-state index in [1.165, 1.54) is 16.7 Å². The SMILES string of the molecule is O=C(C[C@@H]1CCCOC1)N1CCc2ccccc2[C@@H]1Cc1ccccc1. The second-order valence-electron chi connectivity index (χ2n) is 7.53. The van der Waals surface area contributed by atoms with Crippen LogP contribution < -0.4 is 0 Å². The van der Waals surface area contributed by atoms with Gasteiger partial charge in [-0.3, -0.25) is 4.79 Å². The molecule has 2 aliphatic heterocycles. The molecule has 0 spiro atoms. The molecule has 136 valence electrons. The Kier molecular flexibility index (Phi) is 5.35. The summed E-state index contributed by atoms with van der Waals surface area (Å²) in [5.74, 6) is 0.668. The van der Waals surface area contributed by atoms with E-state index < -0.39 is 0 Å². The van der Waals surface area contributed by atoms with Crippen molar-refractivity contribution in [3.8, 4) is 0 Å². The summed E-state index contributed by atoms with van der Waals surface area (Å²) in [5.41, 5.74) is 3.99. The molecule has 2 aromatic carbocycles. The first-order valence-corrected chi connectivity index (χ1v) is 9.80. The van der Waals surface area contributed by atoms with Crippen LogP contribution in [-0.4, -0.2) is 30.6 Å². The molecule has 3 heteroatoms. The van der Waals surface area contributed by atoms with Gasteiger partial charge in [0.25, 0.3) is 0 Å². The zero-order valence-corrected chi connectivity index (χ0v) is 15.3. The molecule has 1 fully saturated rings. The average Bonchev–Trinajstić information content (AvgIpc) is 2.70. The van der Waals surface area contributed by atoms with Crippen LogP contribution in [-0.2, 0) is 22.4 Å². The van der Waals surface area contributed by atoms with Crippen LogP contribution in [0.5, 0.6) is 0 Å². The molecular weight excluding hydrogens is 322 g/mol. The van der Waals surface area contributed by atoms with Gasteiger partial charge in [-0.25, -0.2) is 0 Å². The number of rotatable bonds is 4. The lowest BCUT2D eigenvalue weighted by atomic mass is 9.87. The Balaban J connectivity index is 1.56. The summed E-state index contributed by atoms with van der Waals surface area (Å²) in [4.78, 5) is 15.3. The van der Waals surface area contributed by atoms with E-state index in [9.17, 15) is 4.79 Å². The number of amides is 1. The number of carbonyl (C=O) groups excluding carboxylic acids is 1. The standard InChI is InChI=1S/C23H27NO2/c25-23(16-19-9-6-14-26-17-19)24-13-12-20-10-4-5-11-21(20)22(24)15-18-7-2-1-3-8-18/h1-5,7-8,10-11,19,22H,6,9,12-17H2/t19-,22-/m0/s1. The molecule has 0 saturated carbocycles. The molecule has 0 aliphatic carbocycles. The quantitative estimate of drug-likeness (QED) is 0.829. The molecule has 2 atom stereocenters. The Labute approximate surface area is 156 Å². The number of hydrogen-bond acceptors (Lipinski definition) is 2. The van der Waals surface area contributed by atoms with E-state index in [4.69, 9.17) is 4.74 Å². The lowest BCUT2D eigenvalue weighted by molar-refractivity contribution is -0.136. The summed E-state index contributed by atoms with van der Waals surface area (Å²) in [6, 6.07) is 19.3. The highest BCUT2D eigenvalue weighted by Crippen LogP contribution is 2.33. The topological polar surface area (TPSA) is 29.5 Å². The van der Waals surface area contributed by atoms with E-state index in [2.05, 4.69) is 53.4 Å². The zero-order valence-electron chi connectivity index (χ0n) is 15.3. The minimum atomic E-state index is 0.138. The fraction of sp³-hybridized carbons (Fsp3) is 0.435. The Morgan fingerprint density at radius 2 is 1.88 bits per heavy atom. The highest BCUT2D eigenvalue weighted by atomic mass is 16.5. The normalized spacial score (nSPS) is 22.7. The van der Waals surface area contributed by atoms with Gasteiger partial charge >= 0.3 is 0 Å². The first-order chi connectivity index (χ1) is 12.8. The van der Waals surface area contributed by atoms with Crippen molar-refractivity contribution in [3.05, 3.63) is 71.3 Å². The van der Waals surface area contributed by atoms with Gasteiger partial charge < -0.3 is 9.64 Å². The van der Waals surface area contributed by atoms with Gasteiger partial charge in [0.15, 0.2) is 0 Å². The van der Waals surface area contributed by atoms with Crippen LogP contribution in [0.3, 0.4) is 0 Å². The molecule has 3 nitrogen and oxygen atoms in total. The van der Waals surface area contributed by atoms with Gasteiger partial charge in [-0.1, -0.05) is 54.6 Å². The van der Waals surface area contributed by atoms with E-state index >= 15 is 0 Å². The van der Waals surface area contributed by atoms with E-state index in [1.807, 2.05) is 6.07 Å². The first kappa shape index (κ1) is 17.3. The van der Waals surface area contributed by atoms with Crippen LogP contribution in [0.25, 0.3) is 0 Å². The Morgan fingerprint density at radius 3 is 2.69 bits per heavy atom. The second kappa shape index (κ2) is 8.05. The summed E-state index contributed by atoms with van der Waals surface area (Å²) in [5, 5.41) is 0. The summed E-state index contributed by atoms with van der Waals surface area (Å²) in [6.45, 7) is 2.40. The minimum absolute atomic E-state index is 0.138. The number of nitrogens with zero attached hydrogens (tertiary/aromatic N) is 1. The number of benzene rings is 2. The van der Waals surface area contributed by atoms with Crippen molar-refractivity contribution in [3.63, 3.8) is 0 Å². The lowest BCUT2D eigenvalue weighted by Crippen LogP contribution is -2.42. The van der Waals surface area contributed by atoms with Crippen LogP contribution in [0, 0.1) is 5.92 Å². The van der Waals surface area contributed by atoms with E-state index in [-0.39, 0.29) is 11.9 Å². The average molecular weight is 349 g/mol. The van der Waals surface area contributed by atoms with Gasteiger partial charge in [-0.2, -0.15) is 0 Å². The van der Waals surface area contributed by atoms with Crippen molar-refractivity contribution in [1.29, 1.82) is 0 Å². The Morgan fingerprint density at radius 1 is 1.08 bits per heavy atom. The maximum Gasteiger partial charge on any atom is 0.223 e. The molecule has 2 heterocycles. The molecule has 1 amide bonds. The van der Waals surface area contributed by atoms with E-state index in [1.54, 1.807) is 0 Å². The van der Waals surface area contributed by atoms with Crippen molar-refractivity contribution in [2.75, 3.05) is 19.8 Å². The largest absolute Gasteiger partial charge is 0.381 e. The fourth-order valence-corrected chi connectivity index (χ4v) is 4.34. The lowest BCUT2D eigenvalue weighted by Gasteiger charge is -2.38. The van der Waals surface area contributed by atoms with Crippen molar-refractivity contribution in [2.45, 2.75) is 38.1 Å². The van der Waals surface area contributed by atoms with Crippen molar-refractivity contribution in [1.82, 2.24) is 4.90 Å². The third-order valence-corrected chi connectivity index (χ3v) is 5.72. The molecule has 0 N–H and O–H groups in total. The van der Waals surface area contributed by atoms with Crippen molar-refractivity contribution in [2.24, 2.45) is 5.92 Å². The van der Waals surface area contributed by atoms with E-state index in [0.717, 1.165) is 45.4 Å². The molecule has 4 rings (SSSR count). The number of hydrogen-bond donors (Lipinski definition) is 0. The molecule has 2 aromatic rings.